The van der Waals surface area contributed by atoms with E-state index in [2.05, 4.69) is 17.6 Å². The maximum Gasteiger partial charge on any atom is 0.254 e. The summed E-state index contributed by atoms with van der Waals surface area (Å²) >= 11 is 0. The van der Waals surface area contributed by atoms with E-state index < -0.39 is 5.82 Å². The molecule has 4 nitrogen and oxygen atoms in total. The SMILES string of the molecule is CC(NCCNC(=O)c1ccccc1F)C1CCCCO1. The largest absolute Gasteiger partial charge is 0.377 e. The minimum absolute atomic E-state index is 0.0844. The third-order valence-electron chi connectivity index (χ3n) is 3.77. The summed E-state index contributed by atoms with van der Waals surface area (Å²) in [5, 5.41) is 6.06. The first-order valence-corrected chi connectivity index (χ1v) is 7.56. The molecule has 0 aromatic heterocycles. The molecule has 1 aromatic rings. The van der Waals surface area contributed by atoms with Crippen molar-refractivity contribution in [3.63, 3.8) is 0 Å². The van der Waals surface area contributed by atoms with Gasteiger partial charge in [0.15, 0.2) is 0 Å². The Hall–Kier alpha value is -1.46. The molecule has 1 amide bonds. The van der Waals surface area contributed by atoms with Crippen molar-refractivity contribution in [2.75, 3.05) is 19.7 Å². The molecule has 1 aliphatic heterocycles. The highest BCUT2D eigenvalue weighted by Gasteiger charge is 2.20. The van der Waals surface area contributed by atoms with Gasteiger partial charge in [-0.1, -0.05) is 12.1 Å². The standard InChI is InChI=1S/C16H23FN2O2/c1-12(15-8-4-5-11-21-15)18-9-10-19-16(20)13-6-2-3-7-14(13)17/h2-3,6-7,12,15,18H,4-5,8-11H2,1H3,(H,19,20). The monoisotopic (exact) mass is 294 g/mol. The molecule has 2 rings (SSSR count). The van der Waals surface area contributed by atoms with E-state index >= 15 is 0 Å². The molecule has 2 atom stereocenters. The van der Waals surface area contributed by atoms with E-state index in [4.69, 9.17) is 4.74 Å². The van der Waals surface area contributed by atoms with E-state index in [1.165, 1.54) is 18.6 Å². The smallest absolute Gasteiger partial charge is 0.254 e. The van der Waals surface area contributed by atoms with E-state index in [-0.39, 0.29) is 23.6 Å². The molecular formula is C16H23FN2O2. The Balaban J connectivity index is 1.67. The van der Waals surface area contributed by atoms with Gasteiger partial charge in [-0.3, -0.25) is 4.79 Å². The van der Waals surface area contributed by atoms with Crippen molar-refractivity contribution >= 4 is 5.91 Å². The van der Waals surface area contributed by atoms with Gasteiger partial charge in [0.25, 0.3) is 5.91 Å². The van der Waals surface area contributed by atoms with Crippen molar-refractivity contribution in [3.8, 4) is 0 Å². The van der Waals surface area contributed by atoms with E-state index in [0.717, 1.165) is 19.4 Å². The van der Waals surface area contributed by atoms with Crippen molar-refractivity contribution < 1.29 is 13.9 Å². The van der Waals surface area contributed by atoms with Crippen LogP contribution in [0.4, 0.5) is 4.39 Å². The fourth-order valence-corrected chi connectivity index (χ4v) is 2.51. The molecule has 21 heavy (non-hydrogen) atoms. The second-order valence-electron chi connectivity index (χ2n) is 5.38. The minimum atomic E-state index is -0.494. The zero-order valence-electron chi connectivity index (χ0n) is 12.4. The molecule has 1 aromatic carbocycles. The molecule has 0 spiro atoms. The fraction of sp³-hybridized carbons (Fsp3) is 0.562. The summed E-state index contributed by atoms with van der Waals surface area (Å²) in [6, 6.07) is 6.25. The first-order chi connectivity index (χ1) is 10.2. The Morgan fingerprint density at radius 3 is 2.90 bits per heavy atom. The molecule has 0 bridgehead atoms. The summed E-state index contributed by atoms with van der Waals surface area (Å²) in [7, 11) is 0. The van der Waals surface area contributed by atoms with Gasteiger partial charge in [0, 0.05) is 25.7 Å². The van der Waals surface area contributed by atoms with E-state index in [1.54, 1.807) is 12.1 Å². The molecule has 1 aliphatic rings. The fourth-order valence-electron chi connectivity index (χ4n) is 2.51. The van der Waals surface area contributed by atoms with Crippen LogP contribution in [-0.2, 0) is 4.74 Å². The quantitative estimate of drug-likeness (QED) is 0.790. The zero-order chi connectivity index (χ0) is 15.1. The zero-order valence-corrected chi connectivity index (χ0v) is 12.4. The molecule has 1 heterocycles. The van der Waals surface area contributed by atoms with E-state index in [0.29, 0.717) is 13.1 Å². The molecular weight excluding hydrogens is 271 g/mol. The summed E-state index contributed by atoms with van der Waals surface area (Å²) in [4.78, 5) is 11.8. The van der Waals surface area contributed by atoms with Crippen LogP contribution in [0.1, 0.15) is 36.5 Å². The van der Waals surface area contributed by atoms with Gasteiger partial charge in [0.2, 0.25) is 0 Å². The maximum absolute atomic E-state index is 13.4. The number of carbonyl (C=O) groups is 1. The van der Waals surface area contributed by atoms with Gasteiger partial charge >= 0.3 is 0 Å². The molecule has 5 heteroatoms. The van der Waals surface area contributed by atoms with Crippen LogP contribution >= 0.6 is 0 Å². The molecule has 0 radical (unpaired) electrons. The Labute approximate surface area is 125 Å². The van der Waals surface area contributed by atoms with E-state index in [1.807, 2.05) is 0 Å². The molecule has 1 fully saturated rings. The highest BCUT2D eigenvalue weighted by atomic mass is 19.1. The Kier molecular flexibility index (Phi) is 6.14. The van der Waals surface area contributed by atoms with Crippen molar-refractivity contribution in [1.82, 2.24) is 10.6 Å². The highest BCUT2D eigenvalue weighted by molar-refractivity contribution is 5.94. The van der Waals surface area contributed by atoms with Crippen molar-refractivity contribution in [3.05, 3.63) is 35.6 Å². The highest BCUT2D eigenvalue weighted by Crippen LogP contribution is 2.15. The van der Waals surface area contributed by atoms with Gasteiger partial charge in [-0.2, -0.15) is 0 Å². The second-order valence-corrected chi connectivity index (χ2v) is 5.38. The van der Waals surface area contributed by atoms with Crippen LogP contribution in [0.2, 0.25) is 0 Å². The summed E-state index contributed by atoms with van der Waals surface area (Å²) in [5.74, 6) is -0.872. The summed E-state index contributed by atoms with van der Waals surface area (Å²) in [6.45, 7) is 4.03. The van der Waals surface area contributed by atoms with Crippen LogP contribution in [0.25, 0.3) is 0 Å². The average Bonchev–Trinajstić information content (AvgIpc) is 2.52. The minimum Gasteiger partial charge on any atom is -0.377 e. The number of benzene rings is 1. The number of rotatable bonds is 6. The Morgan fingerprint density at radius 2 is 2.19 bits per heavy atom. The summed E-state index contributed by atoms with van der Waals surface area (Å²) in [6.07, 6.45) is 3.68. The Bertz CT molecular complexity index is 461. The van der Waals surface area contributed by atoms with Gasteiger partial charge in [-0.05, 0) is 38.3 Å². The van der Waals surface area contributed by atoms with Crippen molar-refractivity contribution in [2.24, 2.45) is 0 Å². The summed E-state index contributed by atoms with van der Waals surface area (Å²) in [5.41, 5.74) is 0.0844. The molecule has 0 aliphatic carbocycles. The lowest BCUT2D eigenvalue weighted by molar-refractivity contribution is -0.00344. The maximum atomic E-state index is 13.4. The third kappa shape index (κ3) is 4.79. The van der Waals surface area contributed by atoms with E-state index in [9.17, 15) is 9.18 Å². The Morgan fingerprint density at radius 1 is 1.38 bits per heavy atom. The lowest BCUT2D eigenvalue weighted by atomic mass is 10.0. The van der Waals surface area contributed by atoms with Gasteiger partial charge in [0.1, 0.15) is 5.82 Å². The first-order valence-electron chi connectivity index (χ1n) is 7.56. The number of halogens is 1. The molecule has 1 saturated heterocycles. The van der Waals surface area contributed by atoms with Crippen LogP contribution in [-0.4, -0.2) is 37.7 Å². The molecule has 2 N–H and O–H groups in total. The topological polar surface area (TPSA) is 50.4 Å². The molecule has 2 unspecified atom stereocenters. The van der Waals surface area contributed by atoms with Crippen molar-refractivity contribution in [1.29, 1.82) is 0 Å². The van der Waals surface area contributed by atoms with Crippen molar-refractivity contribution in [2.45, 2.75) is 38.3 Å². The lowest BCUT2D eigenvalue weighted by Gasteiger charge is -2.28. The normalized spacial score (nSPS) is 20.0. The van der Waals surface area contributed by atoms with Crippen LogP contribution in [0, 0.1) is 5.82 Å². The second kappa shape index (κ2) is 8.10. The number of nitrogens with one attached hydrogen (secondary N) is 2. The number of amides is 1. The predicted octanol–water partition coefficient (Wildman–Crippen LogP) is 2.10. The van der Waals surface area contributed by atoms with Crippen LogP contribution in [0.3, 0.4) is 0 Å². The predicted molar refractivity (Wildman–Crippen MR) is 79.8 cm³/mol. The number of hydrogen-bond donors (Lipinski definition) is 2. The molecule has 116 valence electrons. The molecule has 0 saturated carbocycles. The van der Waals surface area contributed by atoms with Crippen LogP contribution < -0.4 is 10.6 Å². The lowest BCUT2D eigenvalue weighted by Crippen LogP contribution is -2.43. The first kappa shape index (κ1) is 15.9. The summed E-state index contributed by atoms with van der Waals surface area (Å²) < 4.78 is 19.1. The number of hydrogen-bond acceptors (Lipinski definition) is 3. The van der Waals surface area contributed by atoms with Gasteiger partial charge in [0.05, 0.1) is 11.7 Å². The van der Waals surface area contributed by atoms with Gasteiger partial charge in [-0.25, -0.2) is 4.39 Å². The number of ether oxygens (including phenoxy) is 1. The average molecular weight is 294 g/mol. The van der Waals surface area contributed by atoms with Crippen LogP contribution in [0.5, 0.6) is 0 Å². The van der Waals surface area contributed by atoms with Crippen LogP contribution in [0.15, 0.2) is 24.3 Å². The third-order valence-corrected chi connectivity index (χ3v) is 3.77. The number of carbonyl (C=O) groups excluding carboxylic acids is 1. The van der Waals surface area contributed by atoms with Gasteiger partial charge in [-0.15, -0.1) is 0 Å². The van der Waals surface area contributed by atoms with Gasteiger partial charge < -0.3 is 15.4 Å².